The predicted molar refractivity (Wildman–Crippen MR) is 136 cm³/mol. The highest BCUT2D eigenvalue weighted by atomic mass is 16.7. The maximum Gasteiger partial charge on any atom is 0.343 e. The Morgan fingerprint density at radius 2 is 1.36 bits per heavy atom. The SMILES string of the molecule is Cc1cccc(C(=O)Oc2ccc(/C=N/NC(=O)C(Oc3ccccc3)Oc3ccccc3)cc2)c1. The molecule has 0 saturated heterocycles. The smallest absolute Gasteiger partial charge is 0.343 e. The van der Waals surface area contributed by atoms with Crippen molar-refractivity contribution in [2.75, 3.05) is 0 Å². The number of hydrogen-bond donors (Lipinski definition) is 1. The first-order valence-corrected chi connectivity index (χ1v) is 11.2. The van der Waals surface area contributed by atoms with Gasteiger partial charge in [-0.15, -0.1) is 0 Å². The van der Waals surface area contributed by atoms with Crippen LogP contribution in [-0.4, -0.2) is 24.4 Å². The first kappa shape index (κ1) is 24.2. The molecular formula is C29H24N2O5. The van der Waals surface area contributed by atoms with E-state index in [9.17, 15) is 9.59 Å². The van der Waals surface area contributed by atoms with E-state index in [1.165, 1.54) is 6.21 Å². The molecule has 180 valence electrons. The quantitative estimate of drug-likeness (QED) is 0.118. The molecule has 0 atom stereocenters. The summed E-state index contributed by atoms with van der Waals surface area (Å²) in [4.78, 5) is 25.0. The highest BCUT2D eigenvalue weighted by Gasteiger charge is 2.22. The number of esters is 1. The number of hydrazone groups is 1. The molecule has 0 heterocycles. The third-order valence-electron chi connectivity index (χ3n) is 4.92. The Morgan fingerprint density at radius 1 is 0.750 bits per heavy atom. The van der Waals surface area contributed by atoms with Gasteiger partial charge in [-0.25, -0.2) is 10.2 Å². The van der Waals surface area contributed by atoms with Crippen molar-refractivity contribution in [1.82, 2.24) is 5.43 Å². The third-order valence-corrected chi connectivity index (χ3v) is 4.92. The van der Waals surface area contributed by atoms with Crippen LogP contribution in [0.1, 0.15) is 21.5 Å². The second-order valence-electron chi connectivity index (χ2n) is 7.76. The monoisotopic (exact) mass is 480 g/mol. The van der Waals surface area contributed by atoms with E-state index < -0.39 is 18.2 Å². The number of carbonyl (C=O) groups excluding carboxylic acids is 2. The van der Waals surface area contributed by atoms with Gasteiger partial charge in [-0.2, -0.15) is 5.10 Å². The first-order chi connectivity index (χ1) is 17.6. The summed E-state index contributed by atoms with van der Waals surface area (Å²) in [5.41, 5.74) is 4.59. The van der Waals surface area contributed by atoms with E-state index in [2.05, 4.69) is 10.5 Å². The van der Waals surface area contributed by atoms with Crippen molar-refractivity contribution in [3.63, 3.8) is 0 Å². The van der Waals surface area contributed by atoms with E-state index in [1.807, 2.05) is 25.1 Å². The Balaban J connectivity index is 1.36. The van der Waals surface area contributed by atoms with E-state index in [-0.39, 0.29) is 0 Å². The number of benzene rings is 4. The average Bonchev–Trinajstić information content (AvgIpc) is 2.90. The molecule has 0 aliphatic heterocycles. The highest BCUT2D eigenvalue weighted by Crippen LogP contribution is 2.17. The van der Waals surface area contributed by atoms with E-state index in [0.717, 1.165) is 5.56 Å². The third kappa shape index (κ3) is 7.04. The maximum absolute atomic E-state index is 12.7. The fourth-order valence-electron chi connectivity index (χ4n) is 3.16. The van der Waals surface area contributed by atoms with Crippen molar-refractivity contribution < 1.29 is 23.8 Å². The fraction of sp³-hybridized carbons (Fsp3) is 0.0690. The Bertz CT molecular complexity index is 1280. The Labute approximate surface area is 209 Å². The molecule has 0 fully saturated rings. The average molecular weight is 481 g/mol. The van der Waals surface area contributed by atoms with Gasteiger partial charge in [0.2, 0.25) is 0 Å². The summed E-state index contributed by atoms with van der Waals surface area (Å²) in [5, 5.41) is 4.00. The summed E-state index contributed by atoms with van der Waals surface area (Å²) in [6.45, 7) is 1.91. The van der Waals surface area contributed by atoms with Crippen LogP contribution < -0.4 is 19.6 Å². The van der Waals surface area contributed by atoms with Crippen LogP contribution in [0.3, 0.4) is 0 Å². The van der Waals surface area contributed by atoms with Gasteiger partial charge in [-0.3, -0.25) is 4.79 Å². The van der Waals surface area contributed by atoms with Crippen molar-refractivity contribution in [1.29, 1.82) is 0 Å². The molecular weight excluding hydrogens is 456 g/mol. The van der Waals surface area contributed by atoms with Crippen LogP contribution in [0.2, 0.25) is 0 Å². The number of amides is 1. The van der Waals surface area contributed by atoms with E-state index in [1.54, 1.807) is 91.0 Å². The topological polar surface area (TPSA) is 86.2 Å². The molecule has 0 aliphatic carbocycles. The zero-order valence-corrected chi connectivity index (χ0v) is 19.5. The second-order valence-corrected chi connectivity index (χ2v) is 7.76. The summed E-state index contributed by atoms with van der Waals surface area (Å²) in [6.07, 6.45) is 0.210. The Kier molecular flexibility index (Phi) is 8.07. The zero-order valence-electron chi connectivity index (χ0n) is 19.5. The largest absolute Gasteiger partial charge is 0.446 e. The lowest BCUT2D eigenvalue weighted by atomic mass is 10.1. The van der Waals surface area contributed by atoms with Gasteiger partial charge in [0.1, 0.15) is 17.2 Å². The summed E-state index contributed by atoms with van der Waals surface area (Å²) in [6, 6.07) is 31.7. The lowest BCUT2D eigenvalue weighted by Crippen LogP contribution is -2.40. The molecule has 1 N–H and O–H groups in total. The molecule has 7 heteroatoms. The number of ether oxygens (including phenoxy) is 3. The molecule has 1 amide bonds. The first-order valence-electron chi connectivity index (χ1n) is 11.2. The molecule has 0 bridgehead atoms. The molecule has 7 nitrogen and oxygen atoms in total. The lowest BCUT2D eigenvalue weighted by Gasteiger charge is -2.18. The molecule has 0 saturated carbocycles. The maximum atomic E-state index is 12.7. The summed E-state index contributed by atoms with van der Waals surface area (Å²) >= 11 is 0. The van der Waals surface area contributed by atoms with Crippen molar-refractivity contribution in [2.45, 2.75) is 13.2 Å². The lowest BCUT2D eigenvalue weighted by molar-refractivity contribution is -0.140. The van der Waals surface area contributed by atoms with Gasteiger partial charge >= 0.3 is 18.2 Å². The summed E-state index contributed by atoms with van der Waals surface area (Å²) in [5.74, 6) is 0.343. The Hall–Kier alpha value is -4.91. The minimum Gasteiger partial charge on any atom is -0.446 e. The molecule has 4 rings (SSSR count). The van der Waals surface area contributed by atoms with E-state index in [0.29, 0.717) is 28.4 Å². The van der Waals surface area contributed by atoms with Crippen molar-refractivity contribution in [2.24, 2.45) is 5.10 Å². The molecule has 0 unspecified atom stereocenters. The number of aryl methyl sites for hydroxylation is 1. The van der Waals surface area contributed by atoms with Crippen LogP contribution >= 0.6 is 0 Å². The van der Waals surface area contributed by atoms with Crippen LogP contribution in [0.4, 0.5) is 0 Å². The van der Waals surface area contributed by atoms with E-state index >= 15 is 0 Å². The van der Waals surface area contributed by atoms with Crippen LogP contribution in [-0.2, 0) is 4.79 Å². The van der Waals surface area contributed by atoms with Gasteiger partial charge in [0.15, 0.2) is 0 Å². The van der Waals surface area contributed by atoms with Gasteiger partial charge in [0.05, 0.1) is 11.8 Å². The molecule has 4 aromatic rings. The van der Waals surface area contributed by atoms with Crippen LogP contribution in [0.25, 0.3) is 0 Å². The fourth-order valence-corrected chi connectivity index (χ4v) is 3.16. The molecule has 0 aromatic heterocycles. The number of carbonyl (C=O) groups is 2. The standard InChI is InChI=1S/C29H24N2O5/c1-21-9-8-10-23(19-21)28(33)34-26-17-15-22(16-18-26)20-30-31-27(32)29(35-24-11-4-2-5-12-24)36-25-13-6-3-7-14-25/h2-20,29H,1H3,(H,31,32)/b30-20+. The minimum atomic E-state index is -1.25. The van der Waals surface area contributed by atoms with Crippen LogP contribution in [0.5, 0.6) is 17.2 Å². The molecule has 36 heavy (non-hydrogen) atoms. The van der Waals surface area contributed by atoms with E-state index in [4.69, 9.17) is 14.2 Å². The summed E-state index contributed by atoms with van der Waals surface area (Å²) in [7, 11) is 0. The van der Waals surface area contributed by atoms with Crippen molar-refractivity contribution in [3.8, 4) is 17.2 Å². The Morgan fingerprint density at radius 3 is 1.94 bits per heavy atom. The number of hydrogen-bond acceptors (Lipinski definition) is 6. The number of nitrogens with one attached hydrogen (secondary N) is 1. The zero-order chi connectivity index (χ0) is 25.2. The normalized spacial score (nSPS) is 10.7. The number of nitrogens with zero attached hydrogens (tertiary/aromatic N) is 1. The predicted octanol–water partition coefficient (Wildman–Crippen LogP) is 5.15. The van der Waals surface area contributed by atoms with Gasteiger partial charge in [-0.05, 0) is 73.2 Å². The molecule has 0 radical (unpaired) electrons. The van der Waals surface area contributed by atoms with Crippen molar-refractivity contribution >= 4 is 18.1 Å². The van der Waals surface area contributed by atoms with Gasteiger partial charge in [0.25, 0.3) is 0 Å². The highest BCUT2D eigenvalue weighted by molar-refractivity contribution is 5.91. The van der Waals surface area contributed by atoms with Crippen molar-refractivity contribution in [3.05, 3.63) is 126 Å². The van der Waals surface area contributed by atoms with Gasteiger partial charge in [-0.1, -0.05) is 54.1 Å². The second kappa shape index (κ2) is 12.0. The summed E-state index contributed by atoms with van der Waals surface area (Å²) < 4.78 is 16.9. The van der Waals surface area contributed by atoms with Crippen LogP contribution in [0.15, 0.2) is 114 Å². The molecule has 0 spiro atoms. The molecule has 0 aliphatic rings. The van der Waals surface area contributed by atoms with Crippen LogP contribution in [0, 0.1) is 6.92 Å². The minimum absolute atomic E-state index is 0.398. The number of para-hydroxylation sites is 2. The van der Waals surface area contributed by atoms with Gasteiger partial charge < -0.3 is 14.2 Å². The van der Waals surface area contributed by atoms with Gasteiger partial charge in [0, 0.05) is 0 Å². The number of rotatable bonds is 9. The molecule has 4 aromatic carbocycles.